The molecule has 156 valence electrons. The smallest absolute Gasteiger partial charge is 0.221 e. The molecular formula is C24H27BrN4O. The van der Waals surface area contributed by atoms with E-state index in [1.54, 1.807) is 0 Å². The van der Waals surface area contributed by atoms with Crippen molar-refractivity contribution in [2.45, 2.75) is 51.6 Å². The summed E-state index contributed by atoms with van der Waals surface area (Å²) in [7, 11) is 0. The highest BCUT2D eigenvalue weighted by molar-refractivity contribution is 9.10. The SMILES string of the molecule is CC[C@@H](C)NC(=O)CCN(c1nc(-c2cccc(Br)c2)nc2ccccc12)C1CC1. The summed E-state index contributed by atoms with van der Waals surface area (Å²) in [6.07, 6.45) is 3.67. The Morgan fingerprint density at radius 1 is 1.20 bits per heavy atom. The van der Waals surface area contributed by atoms with Gasteiger partial charge in [-0.05, 0) is 50.5 Å². The molecule has 1 heterocycles. The zero-order chi connectivity index (χ0) is 21.1. The number of anilines is 1. The van der Waals surface area contributed by atoms with Crippen molar-refractivity contribution in [1.82, 2.24) is 15.3 Å². The van der Waals surface area contributed by atoms with Crippen LogP contribution in [0.3, 0.4) is 0 Å². The Hall–Kier alpha value is -2.47. The summed E-state index contributed by atoms with van der Waals surface area (Å²) in [5, 5.41) is 4.11. The first-order valence-electron chi connectivity index (χ1n) is 10.6. The Morgan fingerprint density at radius 3 is 2.73 bits per heavy atom. The molecule has 3 aromatic rings. The quantitative estimate of drug-likeness (QED) is 0.487. The second kappa shape index (κ2) is 9.13. The molecule has 0 spiro atoms. The zero-order valence-corrected chi connectivity index (χ0v) is 19.0. The van der Waals surface area contributed by atoms with Gasteiger partial charge >= 0.3 is 0 Å². The van der Waals surface area contributed by atoms with Crippen LogP contribution in [0, 0.1) is 0 Å². The van der Waals surface area contributed by atoms with E-state index in [1.165, 1.54) is 0 Å². The number of aromatic nitrogens is 2. The number of fused-ring (bicyclic) bond motifs is 1. The van der Waals surface area contributed by atoms with Crippen molar-refractivity contribution in [2.75, 3.05) is 11.4 Å². The third kappa shape index (κ3) is 4.81. The van der Waals surface area contributed by atoms with Gasteiger partial charge in [0.2, 0.25) is 5.91 Å². The van der Waals surface area contributed by atoms with E-state index in [2.05, 4.69) is 39.1 Å². The largest absolute Gasteiger partial charge is 0.354 e. The molecular weight excluding hydrogens is 440 g/mol. The van der Waals surface area contributed by atoms with Crippen molar-refractivity contribution >= 4 is 38.6 Å². The van der Waals surface area contributed by atoms with Gasteiger partial charge in [-0.3, -0.25) is 4.79 Å². The number of benzene rings is 2. The molecule has 1 atom stereocenters. The van der Waals surface area contributed by atoms with Crippen LogP contribution in [-0.2, 0) is 4.79 Å². The van der Waals surface area contributed by atoms with Crippen LogP contribution in [0.15, 0.2) is 53.0 Å². The van der Waals surface area contributed by atoms with E-state index in [0.717, 1.165) is 46.0 Å². The van der Waals surface area contributed by atoms with E-state index in [4.69, 9.17) is 9.97 Å². The average molecular weight is 467 g/mol. The number of nitrogens with one attached hydrogen (secondary N) is 1. The molecule has 0 radical (unpaired) electrons. The standard InChI is InChI=1S/C24H27BrN4O/c1-3-16(2)26-22(30)13-14-29(19-11-12-19)24-20-9-4-5-10-21(20)27-23(28-24)17-7-6-8-18(25)15-17/h4-10,15-16,19H,3,11-14H2,1-2H3,(H,26,30)/t16-/m1/s1. The van der Waals surface area contributed by atoms with Crippen molar-refractivity contribution in [2.24, 2.45) is 0 Å². The molecule has 30 heavy (non-hydrogen) atoms. The first-order valence-corrected chi connectivity index (χ1v) is 11.4. The summed E-state index contributed by atoms with van der Waals surface area (Å²) in [5.41, 5.74) is 1.90. The minimum Gasteiger partial charge on any atom is -0.354 e. The second-order valence-corrected chi connectivity index (χ2v) is 8.87. The number of rotatable bonds is 8. The lowest BCUT2D eigenvalue weighted by atomic mass is 10.1. The highest BCUT2D eigenvalue weighted by Crippen LogP contribution is 2.35. The van der Waals surface area contributed by atoms with Crippen LogP contribution in [0.5, 0.6) is 0 Å². The van der Waals surface area contributed by atoms with Crippen molar-refractivity contribution in [3.8, 4) is 11.4 Å². The molecule has 0 bridgehead atoms. The van der Waals surface area contributed by atoms with Crippen molar-refractivity contribution in [3.63, 3.8) is 0 Å². The molecule has 6 heteroatoms. The summed E-state index contributed by atoms with van der Waals surface area (Å²) in [6.45, 7) is 4.78. The highest BCUT2D eigenvalue weighted by Gasteiger charge is 2.31. The van der Waals surface area contributed by atoms with Gasteiger partial charge in [0.15, 0.2) is 5.82 Å². The van der Waals surface area contributed by atoms with Gasteiger partial charge < -0.3 is 10.2 Å². The number of halogens is 1. The van der Waals surface area contributed by atoms with Crippen LogP contribution in [-0.4, -0.2) is 34.5 Å². The molecule has 1 amide bonds. The predicted octanol–water partition coefficient (Wildman–Crippen LogP) is 5.33. The van der Waals surface area contributed by atoms with E-state index >= 15 is 0 Å². The number of nitrogens with zero attached hydrogens (tertiary/aromatic N) is 3. The van der Waals surface area contributed by atoms with Gasteiger partial charge in [0.25, 0.3) is 0 Å². The summed E-state index contributed by atoms with van der Waals surface area (Å²) in [5.74, 6) is 1.73. The Morgan fingerprint density at radius 2 is 2.00 bits per heavy atom. The molecule has 2 aromatic carbocycles. The molecule has 1 saturated carbocycles. The average Bonchev–Trinajstić information content (AvgIpc) is 3.58. The monoisotopic (exact) mass is 466 g/mol. The Balaban J connectivity index is 1.69. The molecule has 1 fully saturated rings. The second-order valence-electron chi connectivity index (χ2n) is 7.95. The maximum Gasteiger partial charge on any atom is 0.221 e. The maximum atomic E-state index is 12.4. The molecule has 4 rings (SSSR count). The lowest BCUT2D eigenvalue weighted by Crippen LogP contribution is -2.36. The molecule has 1 aliphatic rings. The van der Waals surface area contributed by atoms with E-state index in [0.29, 0.717) is 24.8 Å². The van der Waals surface area contributed by atoms with E-state index in [9.17, 15) is 4.79 Å². The minimum absolute atomic E-state index is 0.0978. The summed E-state index contributed by atoms with van der Waals surface area (Å²) < 4.78 is 0.999. The van der Waals surface area contributed by atoms with Crippen LogP contribution in [0.25, 0.3) is 22.3 Å². The number of amides is 1. The van der Waals surface area contributed by atoms with Crippen molar-refractivity contribution in [3.05, 3.63) is 53.0 Å². The van der Waals surface area contributed by atoms with Gasteiger partial charge in [-0.15, -0.1) is 0 Å². The number of carbonyl (C=O) groups is 1. The first kappa shape index (κ1) is 20.8. The molecule has 1 N–H and O–H groups in total. The summed E-state index contributed by atoms with van der Waals surface area (Å²) in [6, 6.07) is 16.8. The normalized spacial score (nSPS) is 14.5. The van der Waals surface area contributed by atoms with Gasteiger partial charge in [0.1, 0.15) is 5.82 Å². The predicted molar refractivity (Wildman–Crippen MR) is 126 cm³/mol. The summed E-state index contributed by atoms with van der Waals surface area (Å²) >= 11 is 3.55. The van der Waals surface area contributed by atoms with Crippen LogP contribution >= 0.6 is 15.9 Å². The zero-order valence-electron chi connectivity index (χ0n) is 17.4. The molecule has 0 unspecified atom stereocenters. The van der Waals surface area contributed by atoms with Crippen molar-refractivity contribution in [1.29, 1.82) is 0 Å². The highest BCUT2D eigenvalue weighted by atomic mass is 79.9. The van der Waals surface area contributed by atoms with E-state index in [-0.39, 0.29) is 11.9 Å². The Labute approximate surface area is 186 Å². The molecule has 0 aliphatic heterocycles. The fourth-order valence-electron chi connectivity index (χ4n) is 3.55. The first-order chi connectivity index (χ1) is 14.5. The van der Waals surface area contributed by atoms with Crippen LogP contribution in [0.4, 0.5) is 5.82 Å². The van der Waals surface area contributed by atoms with Crippen LogP contribution in [0.2, 0.25) is 0 Å². The van der Waals surface area contributed by atoms with E-state index in [1.807, 2.05) is 49.4 Å². The third-order valence-corrected chi connectivity index (χ3v) is 6.02. The molecule has 5 nitrogen and oxygen atoms in total. The molecule has 0 saturated heterocycles. The number of carbonyl (C=O) groups excluding carboxylic acids is 1. The van der Waals surface area contributed by atoms with Crippen LogP contribution < -0.4 is 10.2 Å². The van der Waals surface area contributed by atoms with Crippen LogP contribution in [0.1, 0.15) is 39.5 Å². The van der Waals surface area contributed by atoms with E-state index < -0.39 is 0 Å². The Kier molecular flexibility index (Phi) is 6.32. The third-order valence-electron chi connectivity index (χ3n) is 5.53. The Bertz CT molecular complexity index is 1050. The van der Waals surface area contributed by atoms with Gasteiger partial charge in [-0.2, -0.15) is 0 Å². The lowest BCUT2D eigenvalue weighted by molar-refractivity contribution is -0.121. The fourth-order valence-corrected chi connectivity index (χ4v) is 3.95. The topological polar surface area (TPSA) is 58.1 Å². The number of para-hydroxylation sites is 1. The summed E-state index contributed by atoms with van der Waals surface area (Å²) in [4.78, 5) is 24.5. The number of hydrogen-bond donors (Lipinski definition) is 1. The van der Waals surface area contributed by atoms with Gasteiger partial charge in [0.05, 0.1) is 5.52 Å². The number of hydrogen-bond acceptors (Lipinski definition) is 4. The lowest BCUT2D eigenvalue weighted by Gasteiger charge is -2.25. The fraction of sp³-hybridized carbons (Fsp3) is 0.375. The van der Waals surface area contributed by atoms with Gasteiger partial charge in [-0.25, -0.2) is 9.97 Å². The minimum atomic E-state index is 0.0978. The maximum absolute atomic E-state index is 12.4. The van der Waals surface area contributed by atoms with Gasteiger partial charge in [-0.1, -0.05) is 47.1 Å². The van der Waals surface area contributed by atoms with Crippen molar-refractivity contribution < 1.29 is 4.79 Å². The van der Waals surface area contributed by atoms with Gasteiger partial charge in [0, 0.05) is 40.5 Å². The molecule has 1 aliphatic carbocycles. The molecule has 1 aromatic heterocycles.